The van der Waals surface area contributed by atoms with Crippen molar-refractivity contribution in [2.45, 2.75) is 83.2 Å². The average molecular weight is 605 g/mol. The van der Waals surface area contributed by atoms with E-state index in [1.54, 1.807) is 24.3 Å². The molecule has 1 fully saturated rings. The van der Waals surface area contributed by atoms with E-state index in [1.807, 2.05) is 17.0 Å². The van der Waals surface area contributed by atoms with Crippen LogP contribution in [0, 0.1) is 11.2 Å². The smallest absolute Gasteiger partial charge is 0.275 e. The van der Waals surface area contributed by atoms with Gasteiger partial charge < -0.3 is 10.2 Å². The molecule has 9 nitrogen and oxygen atoms in total. The summed E-state index contributed by atoms with van der Waals surface area (Å²) in [6, 6.07) is 13.3. The molecule has 2 aromatic carbocycles. The monoisotopic (exact) mass is 604 g/mol. The molecule has 1 spiro atoms. The van der Waals surface area contributed by atoms with E-state index in [2.05, 4.69) is 59.7 Å². The van der Waals surface area contributed by atoms with Gasteiger partial charge in [0.1, 0.15) is 22.9 Å². The van der Waals surface area contributed by atoms with Gasteiger partial charge in [0.2, 0.25) is 0 Å². The third-order valence-corrected chi connectivity index (χ3v) is 10.3. The number of nitrogens with zero attached hydrogens (tertiary/aromatic N) is 5. The second-order valence-corrected chi connectivity index (χ2v) is 15.1. The van der Waals surface area contributed by atoms with Crippen LogP contribution >= 0.6 is 7.55 Å². The highest BCUT2D eigenvalue weighted by Crippen LogP contribution is 2.49. The lowest BCUT2D eigenvalue weighted by Gasteiger charge is -2.45. The first-order valence-electron chi connectivity index (χ1n) is 14.8. The van der Waals surface area contributed by atoms with Crippen LogP contribution in [0.3, 0.4) is 0 Å². The predicted octanol–water partition coefficient (Wildman–Crippen LogP) is 5.65. The number of benzene rings is 2. The zero-order valence-corrected chi connectivity index (χ0v) is 26.2. The van der Waals surface area contributed by atoms with Crippen LogP contribution < -0.4 is 5.32 Å². The zero-order valence-electron chi connectivity index (χ0n) is 25.3. The highest BCUT2D eigenvalue weighted by Gasteiger charge is 2.53. The second kappa shape index (κ2) is 12.4. The lowest BCUT2D eigenvalue weighted by molar-refractivity contribution is -0.133. The summed E-state index contributed by atoms with van der Waals surface area (Å²) in [5, 5.41) is 16.4. The molecule has 2 unspecified atom stereocenters. The molecular weight excluding hydrogens is 564 g/mol. The van der Waals surface area contributed by atoms with Crippen LogP contribution in [0.1, 0.15) is 92.6 Å². The van der Waals surface area contributed by atoms with Crippen molar-refractivity contribution >= 4 is 31.4 Å². The summed E-state index contributed by atoms with van der Waals surface area (Å²) in [5.41, 5.74) is 2.40. The molecule has 5 rings (SSSR count). The number of carbonyl (C=O) groups excluding carboxylic acids is 2. The van der Waals surface area contributed by atoms with Crippen molar-refractivity contribution in [1.82, 2.24) is 30.8 Å². The number of aliphatic imine (C=N–C) groups is 1. The fourth-order valence-electron chi connectivity index (χ4n) is 6.09. The molecule has 3 aromatic rings. The van der Waals surface area contributed by atoms with E-state index in [-0.39, 0.29) is 43.2 Å². The predicted molar refractivity (Wildman–Crippen MR) is 168 cm³/mol. The molecular formula is C32H40FN7O2P+. The number of carbonyl (C=O) groups is 2. The molecule has 1 aliphatic carbocycles. The minimum Gasteiger partial charge on any atom is -0.345 e. The van der Waals surface area contributed by atoms with E-state index < -0.39 is 5.66 Å². The molecule has 2 heterocycles. The third kappa shape index (κ3) is 6.90. The quantitative estimate of drug-likeness (QED) is 0.306. The number of aromatic nitrogens is 4. The Hall–Kier alpha value is -3.78. The van der Waals surface area contributed by atoms with Gasteiger partial charge in [-0.05, 0) is 85.9 Å². The first-order chi connectivity index (χ1) is 20.5. The molecule has 11 heteroatoms. The molecule has 43 heavy (non-hydrogen) atoms. The number of halogens is 1. The number of nitrogens with one attached hydrogen (secondary N) is 2. The Kier molecular flexibility index (Phi) is 8.88. The van der Waals surface area contributed by atoms with Crippen molar-refractivity contribution in [3.63, 3.8) is 0 Å². The Morgan fingerprint density at radius 1 is 1.16 bits per heavy atom. The summed E-state index contributed by atoms with van der Waals surface area (Å²) in [5.74, 6) is -0.329. The SMILES string of the molecule is C=[P+](C)C1CCC2(CC1)N=C(c1ccc(F)cc1)C(=O)N2C(CCC(C)(C)C)c1ccc(C(=O)NCc2nn[nH]n2)cc1. The molecule has 0 radical (unpaired) electrons. The summed E-state index contributed by atoms with van der Waals surface area (Å²) in [6.07, 6.45) is 9.41. The Labute approximate surface area is 253 Å². The Balaban J connectivity index is 1.48. The fourth-order valence-corrected chi connectivity index (χ4v) is 7.23. The largest absolute Gasteiger partial charge is 0.345 e. The molecule has 1 saturated carbocycles. The fraction of sp³-hybridized carbons (Fsp3) is 0.469. The van der Waals surface area contributed by atoms with Crippen LogP contribution in [0.25, 0.3) is 0 Å². The van der Waals surface area contributed by atoms with Crippen LogP contribution in [0.4, 0.5) is 4.39 Å². The molecule has 226 valence electrons. The van der Waals surface area contributed by atoms with Crippen LogP contribution in [-0.2, 0) is 11.3 Å². The number of H-pyrrole nitrogens is 1. The van der Waals surface area contributed by atoms with Crippen molar-refractivity contribution in [2.75, 3.05) is 6.66 Å². The lowest BCUT2D eigenvalue weighted by Crippen LogP contribution is -2.51. The Morgan fingerprint density at radius 3 is 2.42 bits per heavy atom. The molecule has 2 amide bonds. The Bertz CT molecular complexity index is 1490. The highest BCUT2D eigenvalue weighted by atomic mass is 31.1. The van der Waals surface area contributed by atoms with Gasteiger partial charge in [0.15, 0.2) is 5.82 Å². The lowest BCUT2D eigenvalue weighted by atomic mass is 9.83. The molecule has 2 aliphatic rings. The first-order valence-corrected chi connectivity index (χ1v) is 16.8. The van der Waals surface area contributed by atoms with Gasteiger partial charge in [0.25, 0.3) is 11.8 Å². The number of amides is 2. The van der Waals surface area contributed by atoms with Crippen molar-refractivity contribution < 1.29 is 14.0 Å². The van der Waals surface area contributed by atoms with Gasteiger partial charge in [-0.2, -0.15) is 5.21 Å². The maximum Gasteiger partial charge on any atom is 0.275 e. The van der Waals surface area contributed by atoms with Gasteiger partial charge >= 0.3 is 0 Å². The van der Waals surface area contributed by atoms with Gasteiger partial charge in [0.05, 0.1) is 33.1 Å². The minimum atomic E-state index is -0.675. The van der Waals surface area contributed by atoms with Gasteiger partial charge in [-0.25, -0.2) is 4.39 Å². The molecule has 2 N–H and O–H groups in total. The van der Waals surface area contributed by atoms with Gasteiger partial charge in [-0.1, -0.05) is 38.1 Å². The molecule has 1 aliphatic heterocycles. The van der Waals surface area contributed by atoms with Crippen LogP contribution in [0.2, 0.25) is 0 Å². The van der Waals surface area contributed by atoms with E-state index in [0.717, 1.165) is 44.1 Å². The second-order valence-electron chi connectivity index (χ2n) is 12.9. The average Bonchev–Trinajstić information content (AvgIpc) is 3.59. The van der Waals surface area contributed by atoms with Crippen molar-refractivity contribution in [2.24, 2.45) is 10.4 Å². The molecule has 1 aromatic heterocycles. The molecule has 2 atom stereocenters. The minimum absolute atomic E-state index is 0.0490. The number of hydrogen-bond acceptors (Lipinski definition) is 6. The van der Waals surface area contributed by atoms with E-state index in [4.69, 9.17) is 4.99 Å². The number of rotatable bonds is 9. The summed E-state index contributed by atoms with van der Waals surface area (Å²) >= 11 is 0. The van der Waals surface area contributed by atoms with Crippen molar-refractivity contribution in [3.8, 4) is 0 Å². The summed E-state index contributed by atoms with van der Waals surface area (Å²) in [6.45, 7) is 8.98. The van der Waals surface area contributed by atoms with Crippen LogP contribution in [0.15, 0.2) is 53.5 Å². The maximum absolute atomic E-state index is 14.4. The normalized spacial score (nSPS) is 21.6. The number of hydrogen-bond donors (Lipinski definition) is 2. The van der Waals surface area contributed by atoms with Gasteiger partial charge in [-0.15, -0.1) is 10.2 Å². The Morgan fingerprint density at radius 2 is 1.84 bits per heavy atom. The summed E-state index contributed by atoms with van der Waals surface area (Å²) < 4.78 is 13.8. The molecule has 0 saturated heterocycles. The number of tetrazole rings is 1. The van der Waals surface area contributed by atoms with Crippen LogP contribution in [0.5, 0.6) is 0 Å². The van der Waals surface area contributed by atoms with Crippen molar-refractivity contribution in [1.29, 1.82) is 0 Å². The van der Waals surface area contributed by atoms with E-state index >= 15 is 0 Å². The van der Waals surface area contributed by atoms with E-state index in [0.29, 0.717) is 28.3 Å². The third-order valence-electron chi connectivity index (χ3n) is 8.52. The highest BCUT2D eigenvalue weighted by molar-refractivity contribution is 7.55. The van der Waals surface area contributed by atoms with E-state index in [1.165, 1.54) is 12.1 Å². The van der Waals surface area contributed by atoms with E-state index in [9.17, 15) is 14.0 Å². The molecule has 0 bridgehead atoms. The van der Waals surface area contributed by atoms with Crippen molar-refractivity contribution in [3.05, 3.63) is 76.9 Å². The first kappa shape index (κ1) is 30.7. The van der Waals surface area contributed by atoms with Gasteiger partial charge in [-0.3, -0.25) is 14.6 Å². The van der Waals surface area contributed by atoms with Gasteiger partial charge in [0, 0.05) is 11.1 Å². The van der Waals surface area contributed by atoms with Crippen LogP contribution in [-0.4, -0.2) is 67.3 Å². The maximum atomic E-state index is 14.4. The standard InChI is InChI=1S/C32H39FN7O2P/c1-31(2,3)17-16-26(21-6-8-23(9-7-21)29(41)34-20-27-36-38-39-37-27)40-30(42)28(22-10-12-24(33)13-11-22)35-32(40)18-14-25(15-19-32)43(4)5/h6-13,25-26H,4,14-20H2,1-3,5H3,(H-,34,36,37,38,39,41)/p+1. The topological polar surface area (TPSA) is 116 Å². The number of aromatic amines is 1. The zero-order chi connectivity index (χ0) is 30.8. The summed E-state index contributed by atoms with van der Waals surface area (Å²) in [4.78, 5) is 34.4. The summed E-state index contributed by atoms with van der Waals surface area (Å²) in [7, 11) is -0.335.